The predicted octanol–water partition coefficient (Wildman–Crippen LogP) is 3.58. The van der Waals surface area contributed by atoms with Gasteiger partial charge in [-0.05, 0) is 46.8 Å². The molecule has 0 saturated carbocycles. The Morgan fingerprint density at radius 3 is 2.62 bits per heavy atom. The maximum atomic E-state index is 4.07. The minimum absolute atomic E-state index is 0.511. The average Bonchev–Trinajstić information content (AvgIpc) is 2.89. The lowest BCUT2D eigenvalue weighted by molar-refractivity contribution is 0.589. The molecule has 0 aliphatic rings. The van der Waals surface area contributed by atoms with Gasteiger partial charge in [-0.25, -0.2) is 0 Å². The third kappa shape index (κ3) is 3.31. The van der Waals surface area contributed by atoms with Crippen molar-refractivity contribution in [3.8, 4) is 0 Å². The number of nitrogens with zero attached hydrogens (tertiary/aromatic N) is 2. The number of hydrogen-bond donors (Lipinski definition) is 1. The number of nitrogens with one attached hydrogen (secondary N) is 1. The fourth-order valence-electron chi connectivity index (χ4n) is 2.50. The van der Waals surface area contributed by atoms with E-state index in [9.17, 15) is 0 Å². The number of rotatable bonds is 5. The van der Waals surface area contributed by atoms with Crippen LogP contribution in [0.4, 0.5) is 0 Å². The first-order valence-corrected chi connectivity index (χ1v) is 7.42. The van der Waals surface area contributed by atoms with Crippen molar-refractivity contribution in [1.29, 1.82) is 0 Å². The molecule has 21 heavy (non-hydrogen) atoms. The molecule has 2 aromatic heterocycles. The van der Waals surface area contributed by atoms with Crippen LogP contribution in [0, 0.1) is 0 Å². The Morgan fingerprint density at radius 1 is 1.05 bits per heavy atom. The summed E-state index contributed by atoms with van der Waals surface area (Å²) in [5.74, 6) is 0. The first-order valence-electron chi connectivity index (χ1n) is 7.42. The van der Waals surface area contributed by atoms with Crippen LogP contribution in [0.2, 0.25) is 0 Å². The van der Waals surface area contributed by atoms with Gasteiger partial charge in [0, 0.05) is 43.2 Å². The average molecular weight is 279 g/mol. The lowest BCUT2D eigenvalue weighted by Gasteiger charge is -2.09. The van der Waals surface area contributed by atoms with Crippen LogP contribution in [0.1, 0.15) is 25.0 Å². The van der Waals surface area contributed by atoms with Gasteiger partial charge in [-0.3, -0.25) is 4.98 Å². The Balaban J connectivity index is 1.82. The summed E-state index contributed by atoms with van der Waals surface area (Å²) in [4.78, 5) is 4.07. The van der Waals surface area contributed by atoms with E-state index >= 15 is 0 Å². The van der Waals surface area contributed by atoms with Gasteiger partial charge in [0.25, 0.3) is 0 Å². The molecule has 0 aliphatic carbocycles. The SMILES string of the molecule is CC(C)NCc1ccc2c(ccn2Cc2ccncc2)c1. The summed E-state index contributed by atoms with van der Waals surface area (Å²) in [7, 11) is 0. The van der Waals surface area contributed by atoms with Gasteiger partial charge in [-0.15, -0.1) is 0 Å². The van der Waals surface area contributed by atoms with Crippen molar-refractivity contribution in [2.75, 3.05) is 0 Å². The van der Waals surface area contributed by atoms with Crippen LogP contribution < -0.4 is 5.32 Å². The van der Waals surface area contributed by atoms with E-state index in [4.69, 9.17) is 0 Å². The van der Waals surface area contributed by atoms with Gasteiger partial charge in [0.2, 0.25) is 0 Å². The summed E-state index contributed by atoms with van der Waals surface area (Å²) >= 11 is 0. The normalized spacial score (nSPS) is 11.4. The first-order chi connectivity index (χ1) is 10.2. The van der Waals surface area contributed by atoms with Crippen molar-refractivity contribution in [3.63, 3.8) is 0 Å². The zero-order valence-corrected chi connectivity index (χ0v) is 12.6. The molecule has 0 aliphatic heterocycles. The Hall–Kier alpha value is -2.13. The van der Waals surface area contributed by atoms with E-state index in [1.807, 2.05) is 12.4 Å². The molecule has 3 aromatic rings. The predicted molar refractivity (Wildman–Crippen MR) is 87.3 cm³/mol. The second-order valence-electron chi connectivity index (χ2n) is 5.73. The van der Waals surface area contributed by atoms with E-state index < -0.39 is 0 Å². The van der Waals surface area contributed by atoms with E-state index in [-0.39, 0.29) is 0 Å². The minimum Gasteiger partial charge on any atom is -0.343 e. The highest BCUT2D eigenvalue weighted by Gasteiger charge is 2.03. The minimum atomic E-state index is 0.511. The Bertz CT molecular complexity index is 714. The smallest absolute Gasteiger partial charge is 0.0483 e. The van der Waals surface area contributed by atoms with E-state index in [1.165, 1.54) is 22.0 Å². The summed E-state index contributed by atoms with van der Waals surface area (Å²) in [6.07, 6.45) is 5.85. The lowest BCUT2D eigenvalue weighted by Crippen LogP contribution is -2.21. The largest absolute Gasteiger partial charge is 0.343 e. The number of aromatic nitrogens is 2. The summed E-state index contributed by atoms with van der Waals surface area (Å²) < 4.78 is 2.28. The van der Waals surface area contributed by atoms with Crippen molar-refractivity contribution in [2.24, 2.45) is 0 Å². The zero-order chi connectivity index (χ0) is 14.7. The summed E-state index contributed by atoms with van der Waals surface area (Å²) in [6.45, 7) is 6.15. The number of fused-ring (bicyclic) bond motifs is 1. The molecule has 0 fully saturated rings. The molecule has 1 aromatic carbocycles. The van der Waals surface area contributed by atoms with Gasteiger partial charge >= 0.3 is 0 Å². The molecular weight excluding hydrogens is 258 g/mol. The quantitative estimate of drug-likeness (QED) is 0.773. The van der Waals surface area contributed by atoms with E-state index in [1.54, 1.807) is 0 Å². The van der Waals surface area contributed by atoms with Crippen LogP contribution >= 0.6 is 0 Å². The van der Waals surface area contributed by atoms with Crippen LogP contribution in [-0.4, -0.2) is 15.6 Å². The van der Waals surface area contributed by atoms with Crippen molar-refractivity contribution in [2.45, 2.75) is 33.0 Å². The van der Waals surface area contributed by atoms with Gasteiger partial charge in [0.15, 0.2) is 0 Å². The van der Waals surface area contributed by atoms with Gasteiger partial charge < -0.3 is 9.88 Å². The topological polar surface area (TPSA) is 29.9 Å². The standard InChI is InChI=1S/C18H21N3/c1-14(2)20-12-16-3-4-18-17(11-16)7-10-21(18)13-15-5-8-19-9-6-15/h3-11,14,20H,12-13H2,1-2H3. The molecule has 0 amide bonds. The summed E-state index contributed by atoms with van der Waals surface area (Å²) in [6, 6.07) is 13.5. The highest BCUT2D eigenvalue weighted by molar-refractivity contribution is 5.81. The van der Waals surface area contributed by atoms with Crippen LogP contribution in [0.15, 0.2) is 55.0 Å². The van der Waals surface area contributed by atoms with Crippen LogP contribution in [0.25, 0.3) is 10.9 Å². The van der Waals surface area contributed by atoms with Crippen molar-refractivity contribution in [3.05, 3.63) is 66.1 Å². The van der Waals surface area contributed by atoms with Gasteiger partial charge in [0.05, 0.1) is 0 Å². The molecule has 0 unspecified atom stereocenters. The van der Waals surface area contributed by atoms with Crippen molar-refractivity contribution < 1.29 is 0 Å². The van der Waals surface area contributed by atoms with E-state index in [2.05, 4.69) is 71.3 Å². The van der Waals surface area contributed by atoms with Crippen molar-refractivity contribution >= 4 is 10.9 Å². The molecule has 0 radical (unpaired) electrons. The Labute approximate surface area is 125 Å². The van der Waals surface area contributed by atoms with Crippen LogP contribution in [0.5, 0.6) is 0 Å². The summed E-state index contributed by atoms with van der Waals surface area (Å²) in [5.41, 5.74) is 3.88. The van der Waals surface area contributed by atoms with Gasteiger partial charge in [-0.2, -0.15) is 0 Å². The molecule has 1 N–H and O–H groups in total. The highest BCUT2D eigenvalue weighted by Crippen LogP contribution is 2.19. The van der Waals surface area contributed by atoms with Gasteiger partial charge in [0.1, 0.15) is 0 Å². The number of hydrogen-bond acceptors (Lipinski definition) is 2. The molecule has 3 heteroatoms. The molecule has 0 saturated heterocycles. The lowest BCUT2D eigenvalue weighted by atomic mass is 10.1. The fourth-order valence-corrected chi connectivity index (χ4v) is 2.50. The van der Waals surface area contributed by atoms with Crippen molar-refractivity contribution in [1.82, 2.24) is 14.9 Å². The molecule has 2 heterocycles. The zero-order valence-electron chi connectivity index (χ0n) is 12.6. The molecule has 0 spiro atoms. The maximum absolute atomic E-state index is 4.07. The second-order valence-corrected chi connectivity index (χ2v) is 5.73. The van der Waals surface area contributed by atoms with E-state index in [0.717, 1.165) is 13.1 Å². The molecule has 0 bridgehead atoms. The maximum Gasteiger partial charge on any atom is 0.0483 e. The fraction of sp³-hybridized carbons (Fsp3) is 0.278. The molecule has 3 rings (SSSR count). The monoisotopic (exact) mass is 279 g/mol. The number of pyridine rings is 1. The van der Waals surface area contributed by atoms with Gasteiger partial charge in [-0.1, -0.05) is 19.9 Å². The Kier molecular flexibility index (Phi) is 4.02. The second kappa shape index (κ2) is 6.10. The Morgan fingerprint density at radius 2 is 1.86 bits per heavy atom. The van der Waals surface area contributed by atoms with E-state index in [0.29, 0.717) is 6.04 Å². The highest BCUT2D eigenvalue weighted by atomic mass is 15.0. The third-order valence-corrected chi connectivity index (χ3v) is 3.65. The molecular formula is C18H21N3. The molecule has 3 nitrogen and oxygen atoms in total. The third-order valence-electron chi connectivity index (χ3n) is 3.65. The molecule has 0 atom stereocenters. The molecule has 108 valence electrons. The van der Waals surface area contributed by atoms with Crippen LogP contribution in [-0.2, 0) is 13.1 Å². The first kappa shape index (κ1) is 13.8. The number of benzene rings is 1. The van der Waals surface area contributed by atoms with Crippen LogP contribution in [0.3, 0.4) is 0 Å². The summed E-state index contributed by atoms with van der Waals surface area (Å²) in [5, 5.41) is 4.76.